The summed E-state index contributed by atoms with van der Waals surface area (Å²) in [5.41, 5.74) is 7.10. The van der Waals surface area contributed by atoms with Gasteiger partial charge in [0.2, 0.25) is 5.88 Å². The lowest BCUT2D eigenvalue weighted by atomic mass is 10.0. The van der Waals surface area contributed by atoms with Crippen molar-refractivity contribution in [2.24, 2.45) is 0 Å². The van der Waals surface area contributed by atoms with Crippen LogP contribution in [0.4, 0.5) is 5.69 Å². The highest BCUT2D eigenvalue weighted by Gasteiger charge is 2.23. The van der Waals surface area contributed by atoms with E-state index in [0.29, 0.717) is 5.88 Å². The topological polar surface area (TPSA) is 86.6 Å². The molecule has 0 saturated heterocycles. The van der Waals surface area contributed by atoms with Gasteiger partial charge in [-0.25, -0.2) is 4.98 Å². The van der Waals surface area contributed by atoms with Crippen molar-refractivity contribution >= 4 is 16.6 Å². The standard InChI is InChI=1S/C23H19N5O/c1-29-22-11-16(8-9-25-22)23-19-12-17(4-7-21(19)27-28-23)26-20-6-3-15-10-14(13-24)2-5-18(15)20/h2,4-5,7-12,20,26H,3,6H2,1H3,(H,27,28). The molecule has 0 aliphatic heterocycles. The first-order chi connectivity index (χ1) is 14.2. The summed E-state index contributed by atoms with van der Waals surface area (Å²) in [5, 5.41) is 21.4. The van der Waals surface area contributed by atoms with Crippen LogP contribution in [0.5, 0.6) is 5.88 Å². The van der Waals surface area contributed by atoms with Crippen LogP contribution in [0.15, 0.2) is 54.7 Å². The Morgan fingerprint density at radius 1 is 1.17 bits per heavy atom. The van der Waals surface area contributed by atoms with E-state index in [1.807, 2.05) is 30.3 Å². The predicted octanol–water partition coefficient (Wildman–Crippen LogP) is 4.60. The summed E-state index contributed by atoms with van der Waals surface area (Å²) in [6.07, 6.45) is 3.72. The molecule has 0 amide bonds. The zero-order valence-electron chi connectivity index (χ0n) is 15.9. The van der Waals surface area contributed by atoms with Crippen LogP contribution in [0.2, 0.25) is 0 Å². The number of ether oxygens (including phenoxy) is 1. The van der Waals surface area contributed by atoms with Crippen molar-refractivity contribution < 1.29 is 4.74 Å². The summed E-state index contributed by atoms with van der Waals surface area (Å²) in [7, 11) is 1.61. The van der Waals surface area contributed by atoms with Crippen LogP contribution in [0.3, 0.4) is 0 Å². The number of benzene rings is 2. The number of nitrogens with one attached hydrogen (secondary N) is 2. The second-order valence-electron chi connectivity index (χ2n) is 7.18. The molecule has 0 bridgehead atoms. The van der Waals surface area contributed by atoms with Gasteiger partial charge in [0, 0.05) is 28.9 Å². The van der Waals surface area contributed by atoms with Crippen molar-refractivity contribution in [2.75, 3.05) is 12.4 Å². The van der Waals surface area contributed by atoms with Crippen molar-refractivity contribution in [2.45, 2.75) is 18.9 Å². The van der Waals surface area contributed by atoms with Gasteiger partial charge in [-0.1, -0.05) is 6.07 Å². The second-order valence-corrected chi connectivity index (χ2v) is 7.18. The number of aromatic nitrogens is 3. The number of aryl methyl sites for hydroxylation is 1. The van der Waals surface area contributed by atoms with E-state index in [2.05, 4.69) is 44.8 Å². The molecule has 4 aromatic rings. The third kappa shape index (κ3) is 3.07. The van der Waals surface area contributed by atoms with E-state index in [1.165, 1.54) is 11.1 Å². The maximum Gasteiger partial charge on any atom is 0.213 e. The number of hydrogen-bond acceptors (Lipinski definition) is 5. The van der Waals surface area contributed by atoms with Crippen LogP contribution in [0.25, 0.3) is 22.2 Å². The number of nitrogens with zero attached hydrogens (tertiary/aromatic N) is 3. The minimum Gasteiger partial charge on any atom is -0.481 e. The molecule has 0 fully saturated rings. The largest absolute Gasteiger partial charge is 0.481 e. The lowest BCUT2D eigenvalue weighted by molar-refractivity contribution is 0.398. The number of anilines is 1. The fraction of sp³-hybridized carbons (Fsp3) is 0.174. The molecule has 6 heteroatoms. The summed E-state index contributed by atoms with van der Waals surface area (Å²) in [5.74, 6) is 0.562. The normalized spacial score (nSPS) is 15.1. The molecule has 1 aliphatic carbocycles. The van der Waals surface area contributed by atoms with E-state index in [4.69, 9.17) is 10.00 Å². The van der Waals surface area contributed by atoms with Crippen LogP contribution in [0.1, 0.15) is 29.2 Å². The quantitative estimate of drug-likeness (QED) is 0.539. The summed E-state index contributed by atoms with van der Waals surface area (Å²) in [4.78, 5) is 4.17. The van der Waals surface area contributed by atoms with Crippen molar-refractivity contribution in [3.05, 3.63) is 71.4 Å². The molecular weight excluding hydrogens is 362 g/mol. The third-order valence-corrected chi connectivity index (χ3v) is 5.47. The molecule has 1 aliphatic rings. The molecule has 2 aromatic carbocycles. The highest BCUT2D eigenvalue weighted by molar-refractivity contribution is 5.95. The minimum atomic E-state index is 0.242. The number of H-pyrrole nitrogens is 1. The average Bonchev–Trinajstić information content (AvgIpc) is 3.37. The average molecular weight is 381 g/mol. The number of methoxy groups -OCH3 is 1. The van der Waals surface area contributed by atoms with Gasteiger partial charge in [0.25, 0.3) is 0 Å². The van der Waals surface area contributed by atoms with Crippen LogP contribution in [0, 0.1) is 11.3 Å². The van der Waals surface area contributed by atoms with Gasteiger partial charge in [0.1, 0.15) is 5.69 Å². The summed E-state index contributed by atoms with van der Waals surface area (Å²) < 4.78 is 5.25. The molecule has 2 heterocycles. The van der Waals surface area contributed by atoms with E-state index in [9.17, 15) is 0 Å². The number of nitriles is 1. The Balaban J connectivity index is 1.48. The van der Waals surface area contributed by atoms with Gasteiger partial charge in [-0.3, -0.25) is 5.10 Å². The zero-order valence-corrected chi connectivity index (χ0v) is 15.9. The molecule has 2 aromatic heterocycles. The van der Waals surface area contributed by atoms with Crippen LogP contribution in [-0.2, 0) is 6.42 Å². The van der Waals surface area contributed by atoms with E-state index in [-0.39, 0.29) is 6.04 Å². The highest BCUT2D eigenvalue weighted by atomic mass is 16.5. The molecule has 0 spiro atoms. The Hall–Kier alpha value is -3.85. The molecule has 0 radical (unpaired) electrons. The van der Waals surface area contributed by atoms with Gasteiger partial charge in [-0.05, 0) is 60.4 Å². The molecule has 29 heavy (non-hydrogen) atoms. The van der Waals surface area contributed by atoms with Gasteiger partial charge in [-0.15, -0.1) is 0 Å². The molecule has 0 saturated carbocycles. The Bertz CT molecular complexity index is 1250. The summed E-state index contributed by atoms with van der Waals surface area (Å²) in [6.45, 7) is 0. The number of rotatable bonds is 4. The summed E-state index contributed by atoms with van der Waals surface area (Å²) >= 11 is 0. The van der Waals surface area contributed by atoms with E-state index < -0.39 is 0 Å². The number of pyridine rings is 1. The van der Waals surface area contributed by atoms with Crippen molar-refractivity contribution in [3.63, 3.8) is 0 Å². The maximum absolute atomic E-state index is 9.12. The number of fused-ring (bicyclic) bond motifs is 2. The first-order valence-electron chi connectivity index (χ1n) is 9.53. The maximum atomic E-state index is 9.12. The lowest BCUT2D eigenvalue weighted by Crippen LogP contribution is -2.06. The molecular formula is C23H19N5O. The first-order valence-corrected chi connectivity index (χ1v) is 9.53. The van der Waals surface area contributed by atoms with E-state index >= 15 is 0 Å². The molecule has 6 nitrogen and oxygen atoms in total. The summed E-state index contributed by atoms with van der Waals surface area (Å²) in [6, 6.07) is 18.5. The molecule has 1 atom stereocenters. The first kappa shape index (κ1) is 17.3. The molecule has 5 rings (SSSR count). The van der Waals surface area contributed by atoms with Crippen LogP contribution >= 0.6 is 0 Å². The van der Waals surface area contributed by atoms with Crippen LogP contribution < -0.4 is 10.1 Å². The zero-order chi connectivity index (χ0) is 19.8. The fourth-order valence-electron chi connectivity index (χ4n) is 4.03. The van der Waals surface area contributed by atoms with Crippen LogP contribution in [-0.4, -0.2) is 22.3 Å². The minimum absolute atomic E-state index is 0.242. The van der Waals surface area contributed by atoms with Crippen molar-refractivity contribution in [1.29, 1.82) is 5.26 Å². The SMILES string of the molecule is COc1cc(-c2n[nH]c3ccc(NC4CCc5cc(C#N)ccc54)cc23)ccn1. The van der Waals surface area contributed by atoms with Gasteiger partial charge in [-0.2, -0.15) is 10.4 Å². The van der Waals surface area contributed by atoms with E-state index in [1.54, 1.807) is 13.3 Å². The van der Waals surface area contributed by atoms with E-state index in [0.717, 1.165) is 46.3 Å². The second kappa shape index (κ2) is 6.95. The Kier molecular flexibility index (Phi) is 4.14. The molecule has 2 N–H and O–H groups in total. The molecule has 142 valence electrons. The fourth-order valence-corrected chi connectivity index (χ4v) is 4.03. The monoisotopic (exact) mass is 381 g/mol. The van der Waals surface area contributed by atoms with Gasteiger partial charge >= 0.3 is 0 Å². The van der Waals surface area contributed by atoms with Crippen molar-refractivity contribution in [1.82, 2.24) is 15.2 Å². The smallest absolute Gasteiger partial charge is 0.213 e. The number of hydrogen-bond donors (Lipinski definition) is 2. The predicted molar refractivity (Wildman–Crippen MR) is 112 cm³/mol. The number of aromatic amines is 1. The Morgan fingerprint density at radius 2 is 2.10 bits per heavy atom. The Morgan fingerprint density at radius 3 is 2.97 bits per heavy atom. The lowest BCUT2D eigenvalue weighted by Gasteiger charge is -2.16. The van der Waals surface area contributed by atoms with Crippen molar-refractivity contribution in [3.8, 4) is 23.2 Å². The third-order valence-electron chi connectivity index (χ3n) is 5.47. The molecule has 1 unspecified atom stereocenters. The highest BCUT2D eigenvalue weighted by Crippen LogP contribution is 2.36. The Labute approximate surface area is 168 Å². The van der Waals surface area contributed by atoms with Gasteiger partial charge in [0.15, 0.2) is 0 Å². The van der Waals surface area contributed by atoms with Gasteiger partial charge in [0.05, 0.1) is 30.3 Å². The van der Waals surface area contributed by atoms with Gasteiger partial charge < -0.3 is 10.1 Å².